The van der Waals surface area contributed by atoms with Crippen molar-refractivity contribution in [3.8, 4) is 0 Å². The summed E-state index contributed by atoms with van der Waals surface area (Å²) in [5.74, 6) is 6.14. The van der Waals surface area contributed by atoms with Gasteiger partial charge in [-0.05, 0) is 12.8 Å². The van der Waals surface area contributed by atoms with Crippen molar-refractivity contribution in [2.24, 2.45) is 10.8 Å². The SMILES string of the molecule is NNC(=NCCc1cnc[nH]1)NC1CCCC1. The van der Waals surface area contributed by atoms with E-state index in [1.165, 1.54) is 25.7 Å². The van der Waals surface area contributed by atoms with Crippen LogP contribution in [0, 0.1) is 0 Å². The monoisotopic (exact) mass is 236 g/mol. The number of nitrogens with one attached hydrogen (secondary N) is 3. The van der Waals surface area contributed by atoms with Gasteiger partial charge in [0.2, 0.25) is 5.96 Å². The van der Waals surface area contributed by atoms with Gasteiger partial charge in [0.25, 0.3) is 0 Å². The van der Waals surface area contributed by atoms with E-state index in [1.54, 1.807) is 6.33 Å². The highest BCUT2D eigenvalue weighted by Gasteiger charge is 2.15. The molecule has 1 aliphatic carbocycles. The Morgan fingerprint density at radius 2 is 2.35 bits per heavy atom. The normalized spacial score (nSPS) is 17.4. The third-order valence-corrected chi connectivity index (χ3v) is 3.04. The fourth-order valence-electron chi connectivity index (χ4n) is 2.11. The molecule has 0 saturated heterocycles. The number of nitrogens with zero attached hydrogens (tertiary/aromatic N) is 2. The molecule has 0 bridgehead atoms. The van der Waals surface area contributed by atoms with E-state index >= 15 is 0 Å². The molecule has 0 radical (unpaired) electrons. The van der Waals surface area contributed by atoms with Gasteiger partial charge in [0, 0.05) is 30.9 Å². The second kappa shape index (κ2) is 6.24. The van der Waals surface area contributed by atoms with Gasteiger partial charge in [-0.1, -0.05) is 12.8 Å². The molecule has 5 N–H and O–H groups in total. The maximum Gasteiger partial charge on any atom is 0.205 e. The topological polar surface area (TPSA) is 91.1 Å². The summed E-state index contributed by atoms with van der Waals surface area (Å²) in [6.45, 7) is 0.696. The summed E-state index contributed by atoms with van der Waals surface area (Å²) in [6, 6.07) is 0.525. The molecule has 1 saturated carbocycles. The zero-order valence-electron chi connectivity index (χ0n) is 9.95. The van der Waals surface area contributed by atoms with Gasteiger partial charge in [-0.25, -0.2) is 10.8 Å². The van der Waals surface area contributed by atoms with E-state index in [0.717, 1.165) is 12.1 Å². The van der Waals surface area contributed by atoms with Crippen molar-refractivity contribution in [1.29, 1.82) is 0 Å². The van der Waals surface area contributed by atoms with Gasteiger partial charge in [-0.15, -0.1) is 0 Å². The Morgan fingerprint density at radius 3 is 3.00 bits per heavy atom. The molecular weight excluding hydrogens is 216 g/mol. The first-order chi connectivity index (χ1) is 8.38. The van der Waals surface area contributed by atoms with Gasteiger partial charge in [0.15, 0.2) is 0 Å². The average molecular weight is 236 g/mol. The smallest absolute Gasteiger partial charge is 0.205 e. The fourth-order valence-corrected chi connectivity index (χ4v) is 2.11. The predicted octanol–water partition coefficient (Wildman–Crippen LogP) is 0.304. The van der Waals surface area contributed by atoms with Crippen LogP contribution in [-0.2, 0) is 6.42 Å². The van der Waals surface area contributed by atoms with Crippen LogP contribution in [0.5, 0.6) is 0 Å². The van der Waals surface area contributed by atoms with Crippen molar-refractivity contribution >= 4 is 5.96 Å². The maximum absolute atomic E-state index is 5.45. The van der Waals surface area contributed by atoms with E-state index in [1.807, 2.05) is 6.20 Å². The largest absolute Gasteiger partial charge is 0.353 e. The highest BCUT2D eigenvalue weighted by atomic mass is 15.3. The van der Waals surface area contributed by atoms with Crippen LogP contribution in [0.4, 0.5) is 0 Å². The standard InChI is InChI=1S/C11H20N6/c12-17-11(16-9-3-1-2-4-9)14-6-5-10-7-13-8-15-10/h7-9H,1-6,12H2,(H,13,15)(H2,14,16,17). The molecule has 0 spiro atoms. The van der Waals surface area contributed by atoms with E-state index in [-0.39, 0.29) is 0 Å². The summed E-state index contributed by atoms with van der Waals surface area (Å²) in [4.78, 5) is 11.4. The molecule has 17 heavy (non-hydrogen) atoms. The molecule has 94 valence electrons. The van der Waals surface area contributed by atoms with Gasteiger partial charge in [-0.3, -0.25) is 10.4 Å². The lowest BCUT2D eigenvalue weighted by molar-refractivity contribution is 0.614. The van der Waals surface area contributed by atoms with Gasteiger partial charge in [-0.2, -0.15) is 0 Å². The number of hydrogen-bond acceptors (Lipinski definition) is 3. The minimum absolute atomic E-state index is 0.525. The highest BCUT2D eigenvalue weighted by Crippen LogP contribution is 2.17. The number of H-pyrrole nitrogens is 1. The molecule has 0 unspecified atom stereocenters. The second-order valence-corrected chi connectivity index (χ2v) is 4.33. The van der Waals surface area contributed by atoms with Crippen molar-refractivity contribution < 1.29 is 0 Å². The van der Waals surface area contributed by atoms with E-state index in [9.17, 15) is 0 Å². The van der Waals surface area contributed by atoms with Gasteiger partial charge in [0.1, 0.15) is 0 Å². The molecule has 1 aromatic heterocycles. The molecule has 0 atom stereocenters. The third-order valence-electron chi connectivity index (χ3n) is 3.04. The number of imidazole rings is 1. The van der Waals surface area contributed by atoms with Crippen LogP contribution in [0.1, 0.15) is 31.4 Å². The fraction of sp³-hybridized carbons (Fsp3) is 0.636. The number of hydrazine groups is 1. The average Bonchev–Trinajstić information content (AvgIpc) is 3.00. The number of aliphatic imine (C=N–C) groups is 1. The van der Waals surface area contributed by atoms with Crippen LogP contribution in [0.2, 0.25) is 0 Å². The van der Waals surface area contributed by atoms with Crippen molar-refractivity contribution in [3.05, 3.63) is 18.2 Å². The molecule has 2 rings (SSSR count). The summed E-state index contributed by atoms with van der Waals surface area (Å²) in [6.07, 6.45) is 9.35. The zero-order valence-corrected chi connectivity index (χ0v) is 9.95. The van der Waals surface area contributed by atoms with Crippen LogP contribution in [0.25, 0.3) is 0 Å². The Bertz CT molecular complexity index is 339. The van der Waals surface area contributed by atoms with Gasteiger partial charge in [0.05, 0.1) is 6.33 Å². The minimum atomic E-state index is 0.525. The maximum atomic E-state index is 5.45. The van der Waals surface area contributed by atoms with Crippen LogP contribution < -0.4 is 16.6 Å². The molecule has 6 heteroatoms. The van der Waals surface area contributed by atoms with Crippen LogP contribution in [-0.4, -0.2) is 28.5 Å². The number of hydrogen-bond donors (Lipinski definition) is 4. The van der Waals surface area contributed by atoms with Crippen LogP contribution in [0.3, 0.4) is 0 Å². The highest BCUT2D eigenvalue weighted by molar-refractivity contribution is 5.79. The Labute approximate surface area is 101 Å². The number of rotatable bonds is 4. The molecule has 1 aromatic rings. The zero-order chi connectivity index (χ0) is 11.9. The van der Waals surface area contributed by atoms with Gasteiger partial charge >= 0.3 is 0 Å². The third kappa shape index (κ3) is 3.74. The Kier molecular flexibility index (Phi) is 4.37. The lowest BCUT2D eigenvalue weighted by atomic mass is 10.2. The first-order valence-electron chi connectivity index (χ1n) is 6.13. The summed E-state index contributed by atoms with van der Waals surface area (Å²) in [5.41, 5.74) is 3.71. The summed E-state index contributed by atoms with van der Waals surface area (Å²) >= 11 is 0. The molecular formula is C11H20N6. The Hall–Kier alpha value is -1.56. The van der Waals surface area contributed by atoms with Crippen molar-refractivity contribution in [2.75, 3.05) is 6.54 Å². The first kappa shape index (κ1) is 11.9. The van der Waals surface area contributed by atoms with Crippen molar-refractivity contribution in [2.45, 2.75) is 38.1 Å². The van der Waals surface area contributed by atoms with Gasteiger partial charge < -0.3 is 10.3 Å². The molecule has 0 amide bonds. The summed E-state index contributed by atoms with van der Waals surface area (Å²) in [5, 5.41) is 3.33. The summed E-state index contributed by atoms with van der Waals surface area (Å²) in [7, 11) is 0. The van der Waals surface area contributed by atoms with E-state index in [2.05, 4.69) is 25.7 Å². The number of aromatic amines is 1. The first-order valence-corrected chi connectivity index (χ1v) is 6.13. The van der Waals surface area contributed by atoms with Crippen LogP contribution in [0.15, 0.2) is 17.5 Å². The second-order valence-electron chi connectivity index (χ2n) is 4.33. The number of aromatic nitrogens is 2. The summed E-state index contributed by atoms with van der Waals surface area (Å²) < 4.78 is 0. The Balaban J connectivity index is 1.76. The molecule has 0 aromatic carbocycles. The van der Waals surface area contributed by atoms with E-state index in [4.69, 9.17) is 5.84 Å². The van der Waals surface area contributed by atoms with Crippen LogP contribution >= 0.6 is 0 Å². The number of nitrogens with two attached hydrogens (primary N) is 1. The lowest BCUT2D eigenvalue weighted by Crippen LogP contribution is -2.45. The van der Waals surface area contributed by atoms with Crippen molar-refractivity contribution in [3.63, 3.8) is 0 Å². The molecule has 1 aliphatic rings. The molecule has 1 fully saturated rings. The molecule has 1 heterocycles. The quantitative estimate of drug-likeness (QED) is 0.262. The predicted molar refractivity (Wildman–Crippen MR) is 67.3 cm³/mol. The lowest BCUT2D eigenvalue weighted by Gasteiger charge is -2.14. The van der Waals surface area contributed by atoms with Crippen molar-refractivity contribution in [1.82, 2.24) is 20.7 Å². The van der Waals surface area contributed by atoms with E-state index < -0.39 is 0 Å². The van der Waals surface area contributed by atoms with E-state index in [0.29, 0.717) is 18.5 Å². The molecule has 6 nitrogen and oxygen atoms in total. The molecule has 0 aliphatic heterocycles. The minimum Gasteiger partial charge on any atom is -0.353 e. The Morgan fingerprint density at radius 1 is 1.53 bits per heavy atom. The number of guanidine groups is 1.